The second-order valence-electron chi connectivity index (χ2n) is 9.51. The summed E-state index contributed by atoms with van der Waals surface area (Å²) in [5.74, 6) is 6.80. The predicted molar refractivity (Wildman–Crippen MR) is 148 cm³/mol. The number of hydrogen-bond acceptors (Lipinski definition) is 7. The highest BCUT2D eigenvalue weighted by molar-refractivity contribution is 5.87. The van der Waals surface area contributed by atoms with Gasteiger partial charge in [0.15, 0.2) is 18.3 Å². The Morgan fingerprint density at radius 3 is 2.46 bits per heavy atom. The summed E-state index contributed by atoms with van der Waals surface area (Å²) in [5, 5.41) is 11.5. The number of benzene rings is 2. The maximum absolute atomic E-state index is 13.2. The van der Waals surface area contributed by atoms with Crippen LogP contribution >= 0.6 is 0 Å². The average molecular weight is 543 g/mol. The molecule has 0 aliphatic rings. The van der Waals surface area contributed by atoms with Crippen LogP contribution in [0.1, 0.15) is 61.4 Å². The summed E-state index contributed by atoms with van der Waals surface area (Å²) in [6, 6.07) is 10.0. The summed E-state index contributed by atoms with van der Waals surface area (Å²) in [6.07, 6.45) is 2.55. The molecule has 0 fully saturated rings. The number of aldehydes is 2. The third-order valence-corrected chi connectivity index (χ3v) is 5.61. The zero-order valence-electron chi connectivity index (χ0n) is 23.2. The second-order valence-corrected chi connectivity index (χ2v) is 9.51. The van der Waals surface area contributed by atoms with Gasteiger partial charge >= 0.3 is 6.61 Å². The molecular formula is C29H36F2N4O4. The van der Waals surface area contributed by atoms with Crippen molar-refractivity contribution in [2.45, 2.75) is 51.9 Å². The number of para-hydroxylation sites is 1. The molecule has 0 aliphatic heterocycles. The summed E-state index contributed by atoms with van der Waals surface area (Å²) in [7, 11) is 5.73. The smallest absolute Gasteiger partial charge is 0.387 e. The zero-order chi connectivity index (χ0) is 29.2. The van der Waals surface area contributed by atoms with Gasteiger partial charge in [0.1, 0.15) is 17.1 Å². The minimum atomic E-state index is -3.03. The largest absolute Gasteiger partial charge is 0.433 e. The van der Waals surface area contributed by atoms with E-state index in [0.717, 1.165) is 18.5 Å². The first-order valence-corrected chi connectivity index (χ1v) is 12.5. The first-order valence-electron chi connectivity index (χ1n) is 12.5. The summed E-state index contributed by atoms with van der Waals surface area (Å²) in [4.78, 5) is 28.4. The van der Waals surface area contributed by atoms with Gasteiger partial charge < -0.3 is 20.0 Å². The fraction of sp³-hybridized carbons (Fsp3) is 0.414. The van der Waals surface area contributed by atoms with Crippen molar-refractivity contribution in [3.63, 3.8) is 0 Å². The van der Waals surface area contributed by atoms with Gasteiger partial charge in [-0.25, -0.2) is 4.98 Å². The van der Waals surface area contributed by atoms with Gasteiger partial charge in [-0.3, -0.25) is 14.3 Å². The monoisotopic (exact) mass is 542 g/mol. The number of ether oxygens (including phenoxy) is 1. The van der Waals surface area contributed by atoms with E-state index < -0.39 is 12.2 Å². The first kappa shape index (κ1) is 31.6. The minimum absolute atomic E-state index is 0.0886. The van der Waals surface area contributed by atoms with Gasteiger partial charge in [-0.05, 0) is 71.7 Å². The molecule has 0 amide bonds. The van der Waals surface area contributed by atoms with Crippen molar-refractivity contribution in [3.8, 4) is 23.3 Å². The number of fused-ring (bicyclic) bond motifs is 1. The lowest BCUT2D eigenvalue weighted by Crippen LogP contribution is -2.23. The number of carbonyl (C=O) groups is 2. The molecule has 0 spiro atoms. The zero-order valence-corrected chi connectivity index (χ0v) is 23.2. The first-order chi connectivity index (χ1) is 18.5. The fourth-order valence-corrected chi connectivity index (χ4v) is 3.83. The summed E-state index contributed by atoms with van der Waals surface area (Å²) in [6.45, 7) is 2.63. The fourth-order valence-electron chi connectivity index (χ4n) is 3.83. The molecule has 0 radical (unpaired) electrons. The van der Waals surface area contributed by atoms with Crippen LogP contribution in [-0.4, -0.2) is 72.0 Å². The normalized spacial score (nSPS) is 12.0. The Balaban J connectivity index is 0.000000798. The summed E-state index contributed by atoms with van der Waals surface area (Å²) >= 11 is 0. The molecule has 2 N–H and O–H groups in total. The Bertz CT molecular complexity index is 1320. The molecule has 0 bridgehead atoms. The van der Waals surface area contributed by atoms with Gasteiger partial charge in [-0.15, -0.1) is 0 Å². The van der Waals surface area contributed by atoms with E-state index in [1.54, 1.807) is 10.6 Å². The Kier molecular flexibility index (Phi) is 11.7. The van der Waals surface area contributed by atoms with Crippen LogP contribution in [-0.2, 0) is 4.79 Å². The highest BCUT2D eigenvalue weighted by Crippen LogP contribution is 2.35. The van der Waals surface area contributed by atoms with Crippen molar-refractivity contribution < 1.29 is 28.2 Å². The van der Waals surface area contributed by atoms with Crippen molar-refractivity contribution in [2.24, 2.45) is 0 Å². The van der Waals surface area contributed by atoms with E-state index in [1.807, 2.05) is 51.2 Å². The SMILES string of the molecule is CC(C)(O)C=O.CC[C@H](c1nc2ccc(C#CCCNC)cc2n1-c1c(C=O)cccc1OC(F)F)N(C)C. The van der Waals surface area contributed by atoms with Crippen LogP contribution in [0.15, 0.2) is 36.4 Å². The number of aromatic nitrogens is 2. The third-order valence-electron chi connectivity index (χ3n) is 5.61. The van der Waals surface area contributed by atoms with E-state index in [-0.39, 0.29) is 23.0 Å². The Morgan fingerprint density at radius 1 is 1.23 bits per heavy atom. The Hall–Kier alpha value is -3.65. The predicted octanol–water partition coefficient (Wildman–Crippen LogP) is 4.37. The van der Waals surface area contributed by atoms with Gasteiger partial charge in [-0.2, -0.15) is 8.78 Å². The standard InChI is InChI=1S/C25H28F2N4O2.C4H8O2/c1-5-20(30(3)4)24-29-19-13-12-17(9-6-7-14-28-2)15-21(19)31(24)23-18(16-32)10-8-11-22(23)33-25(26)27;1-4(2,6)3-5/h8,10-13,15-16,20,25,28H,5,7,14H2,1-4H3;3,6H,1-2H3/t20-;/m1./s1. The molecule has 0 saturated heterocycles. The maximum Gasteiger partial charge on any atom is 0.387 e. The van der Waals surface area contributed by atoms with Crippen LogP contribution in [0.25, 0.3) is 16.7 Å². The summed E-state index contributed by atoms with van der Waals surface area (Å²) < 4.78 is 33.1. The number of nitrogens with zero attached hydrogens (tertiary/aromatic N) is 3. The molecule has 1 heterocycles. The van der Waals surface area contributed by atoms with Gasteiger partial charge in [0.05, 0.1) is 17.1 Å². The van der Waals surface area contributed by atoms with Crippen LogP contribution in [0, 0.1) is 11.8 Å². The van der Waals surface area contributed by atoms with Crippen LogP contribution in [0.3, 0.4) is 0 Å². The highest BCUT2D eigenvalue weighted by atomic mass is 19.3. The molecule has 1 aromatic heterocycles. The average Bonchev–Trinajstić information content (AvgIpc) is 3.24. The lowest BCUT2D eigenvalue weighted by atomic mass is 10.1. The number of alkyl halides is 2. The quantitative estimate of drug-likeness (QED) is 0.223. The second kappa shape index (κ2) is 14.5. The molecule has 0 unspecified atom stereocenters. The summed E-state index contributed by atoms with van der Waals surface area (Å²) in [5.41, 5.74) is 1.44. The molecular weight excluding hydrogens is 506 g/mol. The third kappa shape index (κ3) is 8.68. The lowest BCUT2D eigenvalue weighted by molar-refractivity contribution is -0.120. The van der Waals surface area contributed by atoms with Crippen molar-refractivity contribution in [1.29, 1.82) is 0 Å². The van der Waals surface area contributed by atoms with E-state index in [2.05, 4.69) is 17.2 Å². The molecule has 8 nitrogen and oxygen atoms in total. The van der Waals surface area contributed by atoms with Gasteiger partial charge in [0.2, 0.25) is 0 Å². The molecule has 2 aromatic carbocycles. The van der Waals surface area contributed by atoms with Crippen LogP contribution in [0.2, 0.25) is 0 Å². The van der Waals surface area contributed by atoms with E-state index in [0.29, 0.717) is 35.9 Å². The number of rotatable bonds is 10. The molecule has 0 saturated carbocycles. The number of aliphatic hydroxyl groups is 1. The number of hydrogen-bond donors (Lipinski definition) is 2. The van der Waals surface area contributed by atoms with Crippen molar-refractivity contribution >= 4 is 23.6 Å². The number of imidazole rings is 1. The van der Waals surface area contributed by atoms with Crippen LogP contribution < -0.4 is 10.1 Å². The number of nitrogens with one attached hydrogen (secondary N) is 1. The molecule has 0 aliphatic carbocycles. The van der Waals surface area contributed by atoms with Crippen LogP contribution in [0.5, 0.6) is 5.75 Å². The lowest BCUT2D eigenvalue weighted by Gasteiger charge is -2.25. The number of carbonyl (C=O) groups excluding carboxylic acids is 2. The Morgan fingerprint density at radius 2 is 1.92 bits per heavy atom. The van der Waals surface area contributed by atoms with Gasteiger partial charge in [0, 0.05) is 24.1 Å². The minimum Gasteiger partial charge on any atom is -0.433 e. The topological polar surface area (TPSA) is 96.7 Å². The van der Waals surface area contributed by atoms with Crippen LogP contribution in [0.4, 0.5) is 8.78 Å². The molecule has 10 heteroatoms. The highest BCUT2D eigenvalue weighted by Gasteiger charge is 2.26. The Labute approximate surface area is 228 Å². The maximum atomic E-state index is 13.2. The van der Waals surface area contributed by atoms with Crippen molar-refractivity contribution in [1.82, 2.24) is 19.8 Å². The molecule has 39 heavy (non-hydrogen) atoms. The van der Waals surface area contributed by atoms with Gasteiger partial charge in [-0.1, -0.05) is 24.8 Å². The van der Waals surface area contributed by atoms with E-state index in [1.165, 1.54) is 26.0 Å². The number of halogens is 2. The van der Waals surface area contributed by atoms with Crippen molar-refractivity contribution in [2.75, 3.05) is 27.7 Å². The van der Waals surface area contributed by atoms with E-state index >= 15 is 0 Å². The van der Waals surface area contributed by atoms with Gasteiger partial charge in [0.25, 0.3) is 0 Å². The molecule has 210 valence electrons. The van der Waals surface area contributed by atoms with E-state index in [4.69, 9.17) is 14.8 Å². The van der Waals surface area contributed by atoms with Crippen molar-refractivity contribution in [3.05, 3.63) is 53.3 Å². The molecule has 3 aromatic rings. The molecule has 3 rings (SSSR count). The molecule has 1 atom stereocenters. The van der Waals surface area contributed by atoms with E-state index in [9.17, 15) is 18.4 Å².